The summed E-state index contributed by atoms with van der Waals surface area (Å²) in [6, 6.07) is 14.7. The second-order valence-corrected chi connectivity index (χ2v) is 8.74. The van der Waals surface area contributed by atoms with E-state index in [1.165, 1.54) is 24.2 Å². The van der Waals surface area contributed by atoms with Gasteiger partial charge in [0.2, 0.25) is 12.3 Å². The Kier molecular flexibility index (Phi) is 8.55. The highest BCUT2D eigenvalue weighted by molar-refractivity contribution is 5.92. The van der Waals surface area contributed by atoms with Crippen molar-refractivity contribution in [3.05, 3.63) is 83.1 Å². The van der Waals surface area contributed by atoms with E-state index in [1.54, 1.807) is 38.2 Å². The number of likely N-dealkylation sites (N-methyl/N-ethyl adjacent to an activating group) is 1. The summed E-state index contributed by atoms with van der Waals surface area (Å²) in [7, 11) is 1.70. The molecule has 1 fully saturated rings. The van der Waals surface area contributed by atoms with Crippen LogP contribution in [0.4, 0.5) is 8.78 Å². The summed E-state index contributed by atoms with van der Waals surface area (Å²) in [6.07, 6.45) is 1.76. The lowest BCUT2D eigenvalue weighted by Gasteiger charge is -2.34. The molecule has 0 spiro atoms. The van der Waals surface area contributed by atoms with Gasteiger partial charge in [0.15, 0.2) is 0 Å². The van der Waals surface area contributed by atoms with E-state index < -0.39 is 11.8 Å². The van der Waals surface area contributed by atoms with Crippen molar-refractivity contribution in [1.82, 2.24) is 4.90 Å². The van der Waals surface area contributed by atoms with Crippen molar-refractivity contribution in [2.24, 2.45) is 5.92 Å². The predicted molar refractivity (Wildman–Crippen MR) is 124 cm³/mol. The van der Waals surface area contributed by atoms with Crippen LogP contribution in [0.25, 0.3) is 0 Å². The number of nitrogens with zero attached hydrogens (tertiary/aromatic N) is 1. The fourth-order valence-electron chi connectivity index (χ4n) is 3.56. The number of halogens is 2. The summed E-state index contributed by atoms with van der Waals surface area (Å²) in [5, 5.41) is 0. The van der Waals surface area contributed by atoms with Gasteiger partial charge in [0.05, 0.1) is 5.41 Å². The van der Waals surface area contributed by atoms with Gasteiger partial charge in [-0.05, 0) is 43.4 Å². The molecule has 2 nitrogen and oxygen atoms in total. The number of amides is 1. The van der Waals surface area contributed by atoms with Crippen molar-refractivity contribution in [1.29, 1.82) is 0 Å². The monoisotopic (exact) mass is 427 g/mol. The molecular weight excluding hydrogens is 392 g/mol. The molecule has 2 aromatic rings. The number of hydrogen-bond acceptors (Lipinski definition) is 1. The molecular formula is C27H35F2NO. The largest absolute Gasteiger partial charge is 0.319 e. The number of hydrogen-bond donors (Lipinski definition) is 0. The topological polar surface area (TPSA) is 20.3 Å². The molecule has 0 N–H and O–H groups in total. The molecule has 1 saturated carbocycles. The first-order chi connectivity index (χ1) is 14.6. The summed E-state index contributed by atoms with van der Waals surface area (Å²) >= 11 is 0. The number of benzene rings is 2. The molecule has 3 rings (SSSR count). The zero-order valence-electron chi connectivity index (χ0n) is 19.4. The fourth-order valence-corrected chi connectivity index (χ4v) is 3.56. The van der Waals surface area contributed by atoms with Crippen molar-refractivity contribution in [2.75, 3.05) is 7.05 Å². The Morgan fingerprint density at radius 3 is 2.19 bits per heavy atom. The number of aryl methyl sites for hydroxylation is 1. The van der Waals surface area contributed by atoms with Crippen molar-refractivity contribution in [3.63, 3.8) is 0 Å². The molecule has 1 atom stereocenters. The molecule has 0 unspecified atom stereocenters. The second-order valence-electron chi connectivity index (χ2n) is 8.74. The highest BCUT2D eigenvalue weighted by atomic mass is 19.3. The van der Waals surface area contributed by atoms with Crippen molar-refractivity contribution in [3.8, 4) is 0 Å². The molecule has 1 aliphatic carbocycles. The molecule has 31 heavy (non-hydrogen) atoms. The summed E-state index contributed by atoms with van der Waals surface area (Å²) in [6.45, 7) is 11.7. The van der Waals surface area contributed by atoms with Crippen LogP contribution in [-0.4, -0.2) is 24.3 Å². The minimum absolute atomic E-state index is 0.114. The van der Waals surface area contributed by atoms with E-state index in [-0.39, 0.29) is 12.3 Å². The van der Waals surface area contributed by atoms with Gasteiger partial charge in [-0.1, -0.05) is 86.9 Å². The standard InChI is InChI=1S/C22H25F2NO.C5H10/c1-15(2)25(5)21(26)22(4,19-8-6-7-16(3)13-19)18-11-9-17(10-12-18)14-20(23)24;1-2-5-3-4-5/h6-13,20H,1,14H2,2-5H3;5H,2-4H2,1H3/t22-;/m0./s1. The molecule has 4 heteroatoms. The summed E-state index contributed by atoms with van der Waals surface area (Å²) < 4.78 is 25.2. The van der Waals surface area contributed by atoms with Crippen LogP contribution in [0.1, 0.15) is 62.3 Å². The molecule has 0 aromatic heterocycles. The summed E-state index contributed by atoms with van der Waals surface area (Å²) in [5.41, 5.74) is 2.92. The zero-order valence-corrected chi connectivity index (χ0v) is 19.4. The van der Waals surface area contributed by atoms with Crippen LogP contribution in [0.2, 0.25) is 0 Å². The Hall–Kier alpha value is -2.49. The number of carbonyl (C=O) groups is 1. The van der Waals surface area contributed by atoms with Crippen LogP contribution in [0, 0.1) is 12.8 Å². The van der Waals surface area contributed by atoms with Gasteiger partial charge in [-0.25, -0.2) is 8.78 Å². The molecule has 168 valence electrons. The van der Waals surface area contributed by atoms with Gasteiger partial charge in [0.25, 0.3) is 0 Å². The van der Waals surface area contributed by atoms with E-state index in [4.69, 9.17) is 0 Å². The zero-order chi connectivity index (χ0) is 23.2. The Morgan fingerprint density at radius 2 is 1.77 bits per heavy atom. The molecule has 0 aliphatic heterocycles. The second kappa shape index (κ2) is 10.7. The maximum atomic E-state index is 13.3. The van der Waals surface area contributed by atoms with E-state index in [0.29, 0.717) is 11.3 Å². The molecule has 0 saturated heterocycles. The molecule has 2 aromatic carbocycles. The van der Waals surface area contributed by atoms with Gasteiger partial charge < -0.3 is 4.90 Å². The van der Waals surface area contributed by atoms with Crippen LogP contribution in [0.3, 0.4) is 0 Å². The Labute approximate surface area is 186 Å². The third-order valence-electron chi connectivity index (χ3n) is 6.10. The third-order valence-corrected chi connectivity index (χ3v) is 6.10. The van der Waals surface area contributed by atoms with Crippen molar-refractivity contribution >= 4 is 5.91 Å². The van der Waals surface area contributed by atoms with Gasteiger partial charge in [-0.15, -0.1) is 0 Å². The quantitative estimate of drug-likeness (QED) is 0.470. The first-order valence-corrected chi connectivity index (χ1v) is 11.0. The average molecular weight is 428 g/mol. The summed E-state index contributed by atoms with van der Waals surface area (Å²) in [5.74, 6) is 1.02. The van der Waals surface area contributed by atoms with Crippen LogP contribution < -0.4 is 0 Å². The van der Waals surface area contributed by atoms with Crippen molar-refractivity contribution < 1.29 is 13.6 Å². The molecule has 1 aliphatic rings. The number of allylic oxidation sites excluding steroid dienone is 1. The van der Waals surface area contributed by atoms with Gasteiger partial charge in [-0.2, -0.15) is 0 Å². The SMILES string of the molecule is C=C(C)N(C)C(=O)[C@@](C)(c1ccc(CC(F)F)cc1)c1cccc(C)c1.CCC1CC1. The van der Waals surface area contributed by atoms with E-state index >= 15 is 0 Å². The Bertz CT molecular complexity index is 886. The Balaban J connectivity index is 0.000000597. The van der Waals surface area contributed by atoms with Crippen molar-refractivity contribution in [2.45, 2.75) is 65.2 Å². The maximum absolute atomic E-state index is 13.3. The van der Waals surface area contributed by atoms with Crippen LogP contribution in [-0.2, 0) is 16.6 Å². The number of rotatable bonds is 7. The van der Waals surface area contributed by atoms with E-state index in [9.17, 15) is 13.6 Å². The molecule has 1 amide bonds. The van der Waals surface area contributed by atoms with E-state index in [1.807, 2.05) is 38.1 Å². The molecule has 0 bridgehead atoms. The highest BCUT2D eigenvalue weighted by Gasteiger charge is 2.39. The molecule has 0 radical (unpaired) electrons. The fraction of sp³-hybridized carbons (Fsp3) is 0.444. The van der Waals surface area contributed by atoms with Gasteiger partial charge in [-0.3, -0.25) is 4.79 Å². The highest BCUT2D eigenvalue weighted by Crippen LogP contribution is 2.35. The van der Waals surface area contributed by atoms with E-state index in [0.717, 1.165) is 22.6 Å². The smallest absolute Gasteiger partial charge is 0.242 e. The Morgan fingerprint density at radius 1 is 1.16 bits per heavy atom. The number of alkyl halides is 2. The average Bonchev–Trinajstić information content (AvgIpc) is 3.57. The lowest BCUT2D eigenvalue weighted by Crippen LogP contribution is -2.43. The minimum atomic E-state index is -2.39. The first-order valence-electron chi connectivity index (χ1n) is 11.0. The van der Waals surface area contributed by atoms with Gasteiger partial charge in [0, 0.05) is 19.2 Å². The van der Waals surface area contributed by atoms with Crippen LogP contribution in [0.5, 0.6) is 0 Å². The van der Waals surface area contributed by atoms with E-state index in [2.05, 4.69) is 13.5 Å². The molecule has 0 heterocycles. The maximum Gasteiger partial charge on any atom is 0.242 e. The lowest BCUT2D eigenvalue weighted by atomic mass is 9.74. The predicted octanol–water partition coefficient (Wildman–Crippen LogP) is 6.91. The first kappa shape index (κ1) is 24.8. The summed E-state index contributed by atoms with van der Waals surface area (Å²) in [4.78, 5) is 14.9. The lowest BCUT2D eigenvalue weighted by molar-refractivity contribution is -0.132. The number of carbonyl (C=O) groups excluding carboxylic acids is 1. The third kappa shape index (κ3) is 6.49. The normalized spacial score (nSPS) is 15.0. The van der Waals surface area contributed by atoms with Gasteiger partial charge in [0.1, 0.15) is 0 Å². The van der Waals surface area contributed by atoms with Crippen LogP contribution >= 0.6 is 0 Å². The van der Waals surface area contributed by atoms with Gasteiger partial charge >= 0.3 is 0 Å². The van der Waals surface area contributed by atoms with Crippen LogP contribution in [0.15, 0.2) is 60.8 Å². The minimum Gasteiger partial charge on any atom is -0.319 e.